The van der Waals surface area contributed by atoms with Crippen LogP contribution in [0.3, 0.4) is 0 Å². The van der Waals surface area contributed by atoms with Crippen molar-refractivity contribution in [3.05, 3.63) is 94.6 Å². The van der Waals surface area contributed by atoms with E-state index in [4.69, 9.17) is 4.42 Å². The fourth-order valence-corrected chi connectivity index (χ4v) is 5.95. The summed E-state index contributed by atoms with van der Waals surface area (Å²) in [6.07, 6.45) is 1.60. The standard InChI is InChI=1S/C27H27N5O2S/c1-19-7-5-10-21(17-19)23(31-14-12-30(13-15-31)18-20-8-3-2-4-9-20)24-26(33)32-27(35-24)28-25(29-32)22-11-6-16-34-22/h2-11,16-17,23,33H,12-15,18H2,1H3/t23-/m1/s1. The van der Waals surface area contributed by atoms with Crippen molar-refractivity contribution in [3.63, 3.8) is 0 Å². The molecule has 1 N–H and O–H groups in total. The van der Waals surface area contributed by atoms with Crippen LogP contribution in [-0.4, -0.2) is 55.7 Å². The molecule has 0 spiro atoms. The van der Waals surface area contributed by atoms with Gasteiger partial charge in [-0.2, -0.15) is 9.50 Å². The number of aryl methyl sites for hydroxylation is 1. The van der Waals surface area contributed by atoms with Gasteiger partial charge in [0.25, 0.3) is 0 Å². The van der Waals surface area contributed by atoms with Crippen LogP contribution < -0.4 is 0 Å². The van der Waals surface area contributed by atoms with E-state index >= 15 is 0 Å². The van der Waals surface area contributed by atoms with E-state index in [-0.39, 0.29) is 11.9 Å². The van der Waals surface area contributed by atoms with Crippen molar-refractivity contribution >= 4 is 16.3 Å². The molecule has 6 rings (SSSR count). The van der Waals surface area contributed by atoms with Crippen LogP contribution in [0.1, 0.15) is 27.6 Å². The predicted octanol–water partition coefficient (Wildman–Crippen LogP) is 4.97. The Morgan fingerprint density at radius 1 is 1.00 bits per heavy atom. The average molecular weight is 486 g/mol. The lowest BCUT2D eigenvalue weighted by Gasteiger charge is -2.39. The van der Waals surface area contributed by atoms with Gasteiger partial charge in [-0.15, -0.1) is 5.10 Å². The molecule has 2 aromatic carbocycles. The molecule has 3 aromatic heterocycles. The third-order valence-electron chi connectivity index (χ3n) is 6.57. The molecule has 0 bridgehead atoms. The van der Waals surface area contributed by atoms with Gasteiger partial charge in [0.2, 0.25) is 16.7 Å². The Kier molecular flexibility index (Phi) is 5.85. The van der Waals surface area contributed by atoms with Crippen molar-refractivity contribution < 1.29 is 9.52 Å². The molecule has 4 heterocycles. The van der Waals surface area contributed by atoms with Crippen LogP contribution in [0.15, 0.2) is 77.4 Å². The van der Waals surface area contributed by atoms with Gasteiger partial charge in [0, 0.05) is 32.7 Å². The molecule has 0 saturated carbocycles. The summed E-state index contributed by atoms with van der Waals surface area (Å²) in [6.45, 7) is 6.84. The second-order valence-corrected chi connectivity index (χ2v) is 10.0. The van der Waals surface area contributed by atoms with Crippen molar-refractivity contribution in [1.82, 2.24) is 24.4 Å². The van der Waals surface area contributed by atoms with Gasteiger partial charge < -0.3 is 9.52 Å². The number of hydrogen-bond donors (Lipinski definition) is 1. The second kappa shape index (κ2) is 9.30. The van der Waals surface area contributed by atoms with Crippen LogP contribution in [0.25, 0.3) is 16.5 Å². The van der Waals surface area contributed by atoms with Crippen LogP contribution in [-0.2, 0) is 6.54 Å². The number of piperazine rings is 1. The number of hydrogen-bond acceptors (Lipinski definition) is 7. The number of thiazole rings is 1. The van der Waals surface area contributed by atoms with Crippen molar-refractivity contribution in [1.29, 1.82) is 0 Å². The summed E-state index contributed by atoms with van der Waals surface area (Å²) < 4.78 is 6.97. The minimum atomic E-state index is -0.0608. The van der Waals surface area contributed by atoms with Gasteiger partial charge in [-0.1, -0.05) is 71.5 Å². The lowest BCUT2D eigenvalue weighted by Crippen LogP contribution is -2.47. The highest BCUT2D eigenvalue weighted by Crippen LogP contribution is 2.41. The summed E-state index contributed by atoms with van der Waals surface area (Å²) in [7, 11) is 0. The number of aromatic nitrogens is 3. The van der Waals surface area contributed by atoms with Crippen molar-refractivity contribution in [3.8, 4) is 17.5 Å². The van der Waals surface area contributed by atoms with Gasteiger partial charge in [0.1, 0.15) is 0 Å². The summed E-state index contributed by atoms with van der Waals surface area (Å²) in [5, 5.41) is 15.8. The molecule has 1 aliphatic heterocycles. The van der Waals surface area contributed by atoms with Gasteiger partial charge in [0.15, 0.2) is 5.76 Å². The molecule has 5 aromatic rings. The molecular formula is C27H27N5O2S. The van der Waals surface area contributed by atoms with Gasteiger partial charge in [-0.25, -0.2) is 0 Å². The minimum Gasteiger partial charge on any atom is -0.492 e. The quantitative estimate of drug-likeness (QED) is 0.366. The highest BCUT2D eigenvalue weighted by molar-refractivity contribution is 7.17. The SMILES string of the molecule is Cc1cccc([C@H](c2sc3nc(-c4ccco4)nn3c2O)N2CCN(Cc3ccccc3)CC2)c1. The topological polar surface area (TPSA) is 70.0 Å². The molecule has 0 radical (unpaired) electrons. The number of furan rings is 1. The Morgan fingerprint density at radius 3 is 2.54 bits per heavy atom. The molecule has 178 valence electrons. The maximum Gasteiger partial charge on any atom is 0.230 e. The fraction of sp³-hybridized carbons (Fsp3) is 0.259. The van der Waals surface area contributed by atoms with E-state index in [0.29, 0.717) is 16.5 Å². The number of rotatable bonds is 6. The Balaban J connectivity index is 1.30. The molecule has 35 heavy (non-hydrogen) atoms. The molecule has 1 saturated heterocycles. The second-order valence-electron chi connectivity index (χ2n) is 9.01. The zero-order chi connectivity index (χ0) is 23.8. The highest BCUT2D eigenvalue weighted by Gasteiger charge is 2.32. The Labute approximate surface area is 207 Å². The van der Waals surface area contributed by atoms with Gasteiger partial charge in [-0.3, -0.25) is 9.80 Å². The van der Waals surface area contributed by atoms with Crippen molar-refractivity contribution in [2.75, 3.05) is 26.2 Å². The van der Waals surface area contributed by atoms with Crippen LogP contribution in [0.4, 0.5) is 0 Å². The smallest absolute Gasteiger partial charge is 0.230 e. The Hall–Kier alpha value is -3.46. The summed E-state index contributed by atoms with van der Waals surface area (Å²) in [4.78, 5) is 11.1. The van der Waals surface area contributed by atoms with E-state index in [9.17, 15) is 5.11 Å². The maximum absolute atomic E-state index is 11.3. The fourth-order valence-electron chi connectivity index (χ4n) is 4.83. The lowest BCUT2D eigenvalue weighted by atomic mass is 10.0. The first kappa shape index (κ1) is 22.0. The Bertz CT molecular complexity index is 1420. The predicted molar refractivity (Wildman–Crippen MR) is 137 cm³/mol. The van der Waals surface area contributed by atoms with Crippen LogP contribution in [0.5, 0.6) is 5.88 Å². The minimum absolute atomic E-state index is 0.0608. The average Bonchev–Trinajstić information content (AvgIpc) is 3.60. The van der Waals surface area contributed by atoms with Crippen molar-refractivity contribution in [2.24, 2.45) is 0 Å². The third-order valence-corrected chi connectivity index (χ3v) is 7.64. The van der Waals surface area contributed by atoms with E-state index in [0.717, 1.165) is 37.6 Å². The third kappa shape index (κ3) is 4.36. The number of nitrogens with zero attached hydrogens (tertiary/aromatic N) is 5. The van der Waals surface area contributed by atoms with E-state index < -0.39 is 0 Å². The zero-order valence-electron chi connectivity index (χ0n) is 19.5. The van der Waals surface area contributed by atoms with Crippen LogP contribution >= 0.6 is 11.3 Å². The number of benzene rings is 2. The zero-order valence-corrected chi connectivity index (χ0v) is 20.4. The molecular weight excluding hydrogens is 458 g/mol. The molecule has 1 atom stereocenters. The van der Waals surface area contributed by atoms with Crippen molar-refractivity contribution in [2.45, 2.75) is 19.5 Å². The Morgan fingerprint density at radius 2 is 1.83 bits per heavy atom. The van der Waals surface area contributed by atoms with E-state index in [1.54, 1.807) is 12.3 Å². The first-order valence-electron chi connectivity index (χ1n) is 11.8. The first-order valence-corrected chi connectivity index (χ1v) is 12.7. The first-order chi connectivity index (χ1) is 17.2. The van der Waals surface area contributed by atoms with Crippen LogP contribution in [0, 0.1) is 6.92 Å². The lowest BCUT2D eigenvalue weighted by molar-refractivity contribution is 0.105. The summed E-state index contributed by atoms with van der Waals surface area (Å²) in [5.74, 6) is 1.21. The van der Waals surface area contributed by atoms with Gasteiger partial charge in [-0.05, 0) is 30.2 Å². The number of aromatic hydroxyl groups is 1. The normalized spacial score (nSPS) is 16.1. The molecule has 8 heteroatoms. The van der Waals surface area contributed by atoms with E-state index in [2.05, 4.69) is 81.4 Å². The molecule has 1 fully saturated rings. The highest BCUT2D eigenvalue weighted by atomic mass is 32.1. The molecule has 1 aliphatic rings. The largest absolute Gasteiger partial charge is 0.492 e. The van der Waals surface area contributed by atoms with Crippen LogP contribution in [0.2, 0.25) is 0 Å². The summed E-state index contributed by atoms with van der Waals surface area (Å²) in [5.41, 5.74) is 3.72. The van der Waals surface area contributed by atoms with Gasteiger partial charge >= 0.3 is 0 Å². The molecule has 0 amide bonds. The summed E-state index contributed by atoms with van der Waals surface area (Å²) >= 11 is 1.49. The molecule has 7 nitrogen and oxygen atoms in total. The van der Waals surface area contributed by atoms with E-state index in [1.165, 1.54) is 32.5 Å². The summed E-state index contributed by atoms with van der Waals surface area (Å²) in [6, 6.07) is 22.8. The molecule has 0 unspecified atom stereocenters. The maximum atomic E-state index is 11.3. The van der Waals surface area contributed by atoms with E-state index in [1.807, 2.05) is 6.07 Å². The monoisotopic (exact) mass is 485 g/mol. The number of fused-ring (bicyclic) bond motifs is 1. The molecule has 0 aliphatic carbocycles. The van der Waals surface area contributed by atoms with Gasteiger partial charge in [0.05, 0.1) is 17.2 Å².